The lowest BCUT2D eigenvalue weighted by molar-refractivity contribution is 0.326. The molecule has 3 aromatic rings. The van der Waals surface area contributed by atoms with Crippen LogP contribution in [0.1, 0.15) is 5.56 Å². The van der Waals surface area contributed by atoms with Crippen molar-refractivity contribution in [1.82, 2.24) is 5.32 Å². The third-order valence-electron chi connectivity index (χ3n) is 4.28. The Balaban J connectivity index is 1.73. The van der Waals surface area contributed by atoms with Crippen molar-refractivity contribution in [2.24, 2.45) is 0 Å². The van der Waals surface area contributed by atoms with Crippen LogP contribution in [0.15, 0.2) is 59.5 Å². The zero-order valence-corrected chi connectivity index (χ0v) is 15.4. The maximum absolute atomic E-state index is 13.0. The van der Waals surface area contributed by atoms with Crippen molar-refractivity contribution in [2.45, 2.75) is 11.4 Å². The number of hydrogen-bond donors (Lipinski definition) is 2. The largest absolute Gasteiger partial charge is 0.492 e. The van der Waals surface area contributed by atoms with E-state index in [4.69, 9.17) is 16.3 Å². The second kappa shape index (κ2) is 6.79. The summed E-state index contributed by atoms with van der Waals surface area (Å²) in [6, 6.07) is 15.6. The van der Waals surface area contributed by atoms with Crippen molar-refractivity contribution in [1.29, 1.82) is 0 Å². The van der Waals surface area contributed by atoms with Gasteiger partial charge in [-0.2, -0.15) is 0 Å². The molecule has 0 saturated heterocycles. The zero-order chi connectivity index (χ0) is 18.1. The molecule has 1 aliphatic heterocycles. The molecule has 2 N–H and O–H groups in total. The Bertz CT molecular complexity index is 1080. The van der Waals surface area contributed by atoms with E-state index in [0.29, 0.717) is 34.6 Å². The van der Waals surface area contributed by atoms with E-state index in [-0.39, 0.29) is 4.90 Å². The molecule has 0 unspecified atom stereocenters. The molecule has 0 atom stereocenters. The van der Waals surface area contributed by atoms with Gasteiger partial charge in [-0.1, -0.05) is 35.9 Å². The molecule has 7 heteroatoms. The van der Waals surface area contributed by atoms with Crippen LogP contribution in [-0.2, 0) is 16.6 Å². The molecular formula is C19H17ClN2O3S. The Kier molecular flexibility index (Phi) is 4.48. The summed E-state index contributed by atoms with van der Waals surface area (Å²) in [6.45, 7) is 1.98. The quantitative estimate of drug-likeness (QED) is 0.716. The maximum Gasteiger partial charge on any atom is 0.262 e. The normalized spacial score (nSPS) is 14.3. The highest BCUT2D eigenvalue weighted by molar-refractivity contribution is 7.93. The van der Waals surface area contributed by atoms with Gasteiger partial charge in [0, 0.05) is 40.1 Å². The second-order valence-electron chi connectivity index (χ2n) is 6.04. The first-order valence-corrected chi connectivity index (χ1v) is 10.1. The molecule has 0 radical (unpaired) electrons. The predicted octanol–water partition coefficient (Wildman–Crippen LogP) is 3.78. The molecule has 4 rings (SSSR count). The first kappa shape index (κ1) is 17.1. The van der Waals surface area contributed by atoms with Gasteiger partial charge in [0.1, 0.15) is 12.4 Å². The molecule has 5 nitrogen and oxygen atoms in total. The van der Waals surface area contributed by atoms with Crippen molar-refractivity contribution in [3.8, 4) is 5.75 Å². The highest BCUT2D eigenvalue weighted by Crippen LogP contribution is 2.30. The monoisotopic (exact) mass is 388 g/mol. The number of halogens is 1. The predicted molar refractivity (Wildman–Crippen MR) is 103 cm³/mol. The van der Waals surface area contributed by atoms with Crippen LogP contribution in [0.5, 0.6) is 5.75 Å². The Morgan fingerprint density at radius 1 is 1.04 bits per heavy atom. The van der Waals surface area contributed by atoms with E-state index in [9.17, 15) is 8.42 Å². The van der Waals surface area contributed by atoms with Gasteiger partial charge in [0.15, 0.2) is 0 Å². The van der Waals surface area contributed by atoms with Gasteiger partial charge < -0.3 is 10.1 Å². The third kappa shape index (κ3) is 3.23. The molecule has 0 aliphatic carbocycles. The first-order chi connectivity index (χ1) is 12.5. The molecule has 0 fully saturated rings. The minimum atomic E-state index is -3.76. The van der Waals surface area contributed by atoms with E-state index in [2.05, 4.69) is 10.0 Å². The van der Waals surface area contributed by atoms with Gasteiger partial charge in [0.2, 0.25) is 0 Å². The van der Waals surface area contributed by atoms with Crippen LogP contribution >= 0.6 is 11.6 Å². The van der Waals surface area contributed by atoms with Crippen molar-refractivity contribution >= 4 is 38.1 Å². The fraction of sp³-hybridized carbons (Fsp3) is 0.158. The Hall–Kier alpha value is -2.28. The molecular weight excluding hydrogens is 372 g/mol. The lowest BCUT2D eigenvalue weighted by atomic mass is 10.1. The summed E-state index contributed by atoms with van der Waals surface area (Å²) < 4.78 is 34.2. The van der Waals surface area contributed by atoms with Crippen LogP contribution in [0.2, 0.25) is 5.02 Å². The fourth-order valence-electron chi connectivity index (χ4n) is 3.07. The SMILES string of the molecule is O=S(=O)(Nc1ccc2c(c1)CNCCO2)c1cccc2c(Cl)cccc12. The van der Waals surface area contributed by atoms with E-state index in [0.717, 1.165) is 17.9 Å². The molecule has 3 aromatic carbocycles. The van der Waals surface area contributed by atoms with Gasteiger partial charge in [-0.25, -0.2) is 8.42 Å². The van der Waals surface area contributed by atoms with E-state index in [1.165, 1.54) is 0 Å². The smallest absolute Gasteiger partial charge is 0.262 e. The number of anilines is 1. The molecule has 1 aliphatic rings. The average molecular weight is 389 g/mol. The van der Waals surface area contributed by atoms with Crippen LogP contribution in [0, 0.1) is 0 Å². The van der Waals surface area contributed by atoms with Gasteiger partial charge in [-0.3, -0.25) is 4.72 Å². The van der Waals surface area contributed by atoms with Gasteiger partial charge >= 0.3 is 0 Å². The highest BCUT2D eigenvalue weighted by Gasteiger charge is 2.19. The number of sulfonamides is 1. The summed E-state index contributed by atoms with van der Waals surface area (Å²) in [7, 11) is -3.76. The van der Waals surface area contributed by atoms with E-state index in [1.807, 2.05) is 6.07 Å². The molecule has 0 spiro atoms. The van der Waals surface area contributed by atoms with Crippen LogP contribution in [0.25, 0.3) is 10.8 Å². The molecule has 134 valence electrons. The van der Waals surface area contributed by atoms with Crippen LogP contribution in [-0.4, -0.2) is 21.6 Å². The lowest BCUT2D eigenvalue weighted by Crippen LogP contribution is -2.16. The standard InChI is InChI=1S/C19H17ClN2O3S/c20-17-5-1-4-16-15(17)3-2-6-19(16)26(23,24)22-14-7-8-18-13(11-14)12-21-9-10-25-18/h1-8,11,21-22H,9-10,12H2. The van der Waals surface area contributed by atoms with Gasteiger partial charge in [0.05, 0.1) is 4.90 Å². The highest BCUT2D eigenvalue weighted by atomic mass is 35.5. The number of rotatable bonds is 3. The zero-order valence-electron chi connectivity index (χ0n) is 13.8. The summed E-state index contributed by atoms with van der Waals surface area (Å²) in [4.78, 5) is 0.196. The molecule has 0 aromatic heterocycles. The number of ether oxygens (including phenoxy) is 1. The summed E-state index contributed by atoms with van der Waals surface area (Å²) >= 11 is 6.20. The van der Waals surface area contributed by atoms with E-state index < -0.39 is 10.0 Å². The van der Waals surface area contributed by atoms with Gasteiger partial charge in [-0.15, -0.1) is 0 Å². The van der Waals surface area contributed by atoms with Gasteiger partial charge in [-0.05, 0) is 30.3 Å². The van der Waals surface area contributed by atoms with Crippen molar-refractivity contribution in [2.75, 3.05) is 17.9 Å². The van der Waals surface area contributed by atoms with E-state index >= 15 is 0 Å². The number of fused-ring (bicyclic) bond motifs is 2. The molecule has 26 heavy (non-hydrogen) atoms. The summed E-state index contributed by atoms with van der Waals surface area (Å²) in [5.41, 5.74) is 1.42. The van der Waals surface area contributed by atoms with Crippen LogP contribution < -0.4 is 14.8 Å². The Labute approximate surface area is 157 Å². The first-order valence-electron chi connectivity index (χ1n) is 8.21. The minimum absolute atomic E-state index is 0.196. The topological polar surface area (TPSA) is 67.4 Å². The van der Waals surface area contributed by atoms with E-state index in [1.54, 1.807) is 48.5 Å². The van der Waals surface area contributed by atoms with Crippen molar-refractivity contribution < 1.29 is 13.2 Å². The summed E-state index contributed by atoms with van der Waals surface area (Å²) in [5, 5.41) is 5.06. The minimum Gasteiger partial charge on any atom is -0.492 e. The molecule has 0 saturated carbocycles. The number of benzene rings is 3. The lowest BCUT2D eigenvalue weighted by Gasteiger charge is -2.13. The molecule has 1 heterocycles. The number of hydrogen-bond acceptors (Lipinski definition) is 4. The number of nitrogens with one attached hydrogen (secondary N) is 2. The maximum atomic E-state index is 13.0. The summed E-state index contributed by atoms with van der Waals surface area (Å²) in [6.07, 6.45) is 0. The second-order valence-corrected chi connectivity index (χ2v) is 8.10. The van der Waals surface area contributed by atoms with Crippen LogP contribution in [0.3, 0.4) is 0 Å². The fourth-order valence-corrected chi connectivity index (χ4v) is 4.58. The molecule has 0 bridgehead atoms. The van der Waals surface area contributed by atoms with Crippen LogP contribution in [0.4, 0.5) is 5.69 Å². The Morgan fingerprint density at radius 2 is 1.85 bits per heavy atom. The van der Waals surface area contributed by atoms with Crippen molar-refractivity contribution in [3.05, 3.63) is 65.2 Å². The van der Waals surface area contributed by atoms with Gasteiger partial charge in [0.25, 0.3) is 10.0 Å². The summed E-state index contributed by atoms with van der Waals surface area (Å²) in [5.74, 6) is 0.773. The average Bonchev–Trinajstić information content (AvgIpc) is 2.86. The third-order valence-corrected chi connectivity index (χ3v) is 6.05. The van der Waals surface area contributed by atoms with Crippen molar-refractivity contribution in [3.63, 3.8) is 0 Å². The Morgan fingerprint density at radius 3 is 2.73 bits per heavy atom. The molecule has 0 amide bonds.